The van der Waals surface area contributed by atoms with Crippen LogP contribution in [0.15, 0.2) is 54.7 Å². The summed E-state index contributed by atoms with van der Waals surface area (Å²) in [4.78, 5) is 32.0. The highest BCUT2D eigenvalue weighted by atomic mass is 35.5. The fourth-order valence-corrected chi connectivity index (χ4v) is 8.03. The zero-order valence-corrected chi connectivity index (χ0v) is 26.8. The van der Waals surface area contributed by atoms with E-state index in [2.05, 4.69) is 39.4 Å². The van der Waals surface area contributed by atoms with Gasteiger partial charge in [0.15, 0.2) is 5.82 Å². The number of benzene rings is 2. The number of nitrogens with zero attached hydrogens (tertiary/aromatic N) is 6. The second-order valence-corrected chi connectivity index (χ2v) is 13.5. The topological polar surface area (TPSA) is 93.9 Å². The molecule has 1 atom stereocenters. The van der Waals surface area contributed by atoms with Crippen LogP contribution in [0.25, 0.3) is 0 Å². The van der Waals surface area contributed by atoms with Crippen LogP contribution < -0.4 is 20.9 Å². The van der Waals surface area contributed by atoms with Gasteiger partial charge in [0, 0.05) is 55.2 Å². The first-order valence-corrected chi connectivity index (χ1v) is 17.2. The third-order valence-corrected chi connectivity index (χ3v) is 10.6. The lowest BCUT2D eigenvalue weighted by molar-refractivity contribution is 0.154. The van der Waals surface area contributed by atoms with Crippen LogP contribution in [-0.4, -0.2) is 77.2 Å². The lowest BCUT2D eigenvalue weighted by atomic mass is 9.88. The summed E-state index contributed by atoms with van der Waals surface area (Å²) >= 11 is 6.20. The van der Waals surface area contributed by atoms with Gasteiger partial charge in [0.1, 0.15) is 5.82 Å². The van der Waals surface area contributed by atoms with Crippen molar-refractivity contribution in [2.24, 2.45) is 5.73 Å². The highest BCUT2D eigenvalue weighted by molar-refractivity contribution is 6.30. The number of nitrogens with two attached hydrogens (primary N) is 1. The average Bonchev–Trinajstić information content (AvgIpc) is 3.76. The number of anilines is 4. The molecule has 7 rings (SSSR count). The highest BCUT2D eigenvalue weighted by Gasteiger charge is 2.37. The second kappa shape index (κ2) is 13.5. The van der Waals surface area contributed by atoms with Crippen LogP contribution in [0.3, 0.4) is 0 Å². The van der Waals surface area contributed by atoms with Crippen LogP contribution in [0.5, 0.6) is 0 Å². The van der Waals surface area contributed by atoms with Gasteiger partial charge in [-0.15, -0.1) is 0 Å². The summed E-state index contributed by atoms with van der Waals surface area (Å²) in [5.41, 5.74) is 10.1. The molecule has 2 amide bonds. The smallest absolute Gasteiger partial charge is 0.324 e. The van der Waals surface area contributed by atoms with E-state index in [0.29, 0.717) is 36.4 Å². The Morgan fingerprint density at radius 2 is 1.67 bits per heavy atom. The van der Waals surface area contributed by atoms with E-state index in [-0.39, 0.29) is 12.1 Å². The SMILES string of the molecule is NCc1ncc(N2CCCC(N3CCN(c4cccc(Cl)c4)C3=O)C2)nc1Nc1ccc(C2CCN(C3CCCC3)CC2)cc1. The first-order valence-electron chi connectivity index (χ1n) is 16.8. The molecular weight excluding hydrogens is 584 g/mol. The minimum absolute atomic E-state index is 0.0406. The fraction of sp³-hybridized carbons (Fsp3) is 0.514. The van der Waals surface area contributed by atoms with Gasteiger partial charge >= 0.3 is 6.03 Å². The van der Waals surface area contributed by atoms with E-state index in [0.717, 1.165) is 54.9 Å². The number of carbonyl (C=O) groups is 1. The molecule has 1 unspecified atom stereocenters. The number of piperidine rings is 2. The molecule has 45 heavy (non-hydrogen) atoms. The highest BCUT2D eigenvalue weighted by Crippen LogP contribution is 2.34. The third-order valence-electron chi connectivity index (χ3n) is 10.4. The lowest BCUT2D eigenvalue weighted by Gasteiger charge is -2.38. The molecule has 3 aromatic rings. The van der Waals surface area contributed by atoms with E-state index in [4.69, 9.17) is 27.3 Å². The summed E-state index contributed by atoms with van der Waals surface area (Å²) < 4.78 is 0. The predicted molar refractivity (Wildman–Crippen MR) is 182 cm³/mol. The van der Waals surface area contributed by atoms with Crippen molar-refractivity contribution in [1.29, 1.82) is 0 Å². The first-order chi connectivity index (χ1) is 22.1. The van der Waals surface area contributed by atoms with Crippen molar-refractivity contribution in [2.75, 3.05) is 54.4 Å². The van der Waals surface area contributed by atoms with Gasteiger partial charge in [-0.25, -0.2) is 9.78 Å². The maximum absolute atomic E-state index is 13.4. The Labute approximate surface area is 271 Å². The van der Waals surface area contributed by atoms with Gasteiger partial charge in [0.2, 0.25) is 0 Å². The van der Waals surface area contributed by atoms with Gasteiger partial charge in [-0.2, -0.15) is 0 Å². The quantitative estimate of drug-likeness (QED) is 0.300. The molecular formula is C35H45ClN8O. The monoisotopic (exact) mass is 628 g/mol. The van der Waals surface area contributed by atoms with Crippen molar-refractivity contribution >= 4 is 40.6 Å². The van der Waals surface area contributed by atoms with E-state index in [1.807, 2.05) is 40.3 Å². The molecule has 4 heterocycles. The van der Waals surface area contributed by atoms with E-state index < -0.39 is 0 Å². The zero-order chi connectivity index (χ0) is 30.8. The largest absolute Gasteiger partial charge is 0.353 e. The standard InChI is InChI=1S/C35H45ClN8O/c36-27-5-3-8-30(21-27)43-19-20-44(35(43)45)31-9-4-16-42(24-31)33-23-38-32(22-37)34(40-33)39-28-12-10-25(11-13-28)26-14-17-41(18-15-26)29-6-1-2-7-29/h3,5,8,10-13,21,23,26,29,31H,1-2,4,6-7,9,14-20,22,24,37H2,(H,39,40). The first kappa shape index (κ1) is 30.3. The lowest BCUT2D eigenvalue weighted by Crippen LogP contribution is -2.49. The molecule has 1 aliphatic carbocycles. The van der Waals surface area contributed by atoms with E-state index in [9.17, 15) is 4.79 Å². The Balaban J connectivity index is 0.992. The number of hydrogen-bond donors (Lipinski definition) is 2. The molecule has 3 N–H and O–H groups in total. The van der Waals surface area contributed by atoms with Gasteiger partial charge in [0.05, 0.1) is 17.9 Å². The van der Waals surface area contributed by atoms with Crippen molar-refractivity contribution in [3.8, 4) is 0 Å². The van der Waals surface area contributed by atoms with Crippen molar-refractivity contribution in [2.45, 2.75) is 75.9 Å². The summed E-state index contributed by atoms with van der Waals surface area (Å²) in [6, 6.07) is 17.4. The number of rotatable bonds is 8. The Kier molecular flexibility index (Phi) is 9.10. The number of carbonyl (C=O) groups excluding carboxylic acids is 1. The fourth-order valence-electron chi connectivity index (χ4n) is 7.84. The number of halogens is 1. The average molecular weight is 629 g/mol. The Bertz CT molecular complexity index is 1470. The van der Waals surface area contributed by atoms with E-state index in [1.165, 1.54) is 57.2 Å². The third kappa shape index (κ3) is 6.62. The van der Waals surface area contributed by atoms with Crippen molar-refractivity contribution in [3.05, 3.63) is 71.0 Å². The minimum atomic E-state index is 0.0406. The maximum atomic E-state index is 13.4. The Hall–Kier alpha value is -3.40. The van der Waals surface area contributed by atoms with Gasteiger partial charge in [-0.3, -0.25) is 9.88 Å². The second-order valence-electron chi connectivity index (χ2n) is 13.1. The van der Waals surface area contributed by atoms with Crippen LogP contribution in [0.2, 0.25) is 5.02 Å². The molecule has 10 heteroatoms. The van der Waals surface area contributed by atoms with Crippen molar-refractivity contribution in [1.82, 2.24) is 19.8 Å². The van der Waals surface area contributed by atoms with Crippen molar-refractivity contribution in [3.63, 3.8) is 0 Å². The van der Waals surface area contributed by atoms with Gasteiger partial charge in [-0.1, -0.05) is 42.6 Å². The summed E-state index contributed by atoms with van der Waals surface area (Å²) in [5, 5.41) is 4.15. The molecule has 4 fully saturated rings. The van der Waals surface area contributed by atoms with E-state index in [1.54, 1.807) is 0 Å². The van der Waals surface area contributed by atoms with E-state index >= 15 is 0 Å². The Morgan fingerprint density at radius 1 is 0.889 bits per heavy atom. The molecule has 3 aliphatic heterocycles. The van der Waals surface area contributed by atoms with Crippen molar-refractivity contribution < 1.29 is 4.79 Å². The normalized spacial score (nSPS) is 22.0. The molecule has 4 aliphatic rings. The number of hydrogen-bond acceptors (Lipinski definition) is 7. The van der Waals surface area contributed by atoms with Crippen LogP contribution in [0, 0.1) is 0 Å². The Morgan fingerprint density at radius 3 is 2.42 bits per heavy atom. The van der Waals surface area contributed by atoms with Crippen LogP contribution in [0.4, 0.5) is 27.8 Å². The molecule has 0 spiro atoms. The van der Waals surface area contributed by atoms with Crippen LogP contribution in [0.1, 0.15) is 68.5 Å². The summed E-state index contributed by atoms with van der Waals surface area (Å²) in [7, 11) is 0. The molecule has 0 radical (unpaired) electrons. The molecule has 238 valence electrons. The summed E-state index contributed by atoms with van der Waals surface area (Å²) in [5.74, 6) is 2.13. The predicted octanol–water partition coefficient (Wildman–Crippen LogP) is 6.37. The zero-order valence-electron chi connectivity index (χ0n) is 26.1. The van der Waals surface area contributed by atoms with Gasteiger partial charge in [0.25, 0.3) is 0 Å². The van der Waals surface area contributed by atoms with Gasteiger partial charge < -0.3 is 25.8 Å². The van der Waals surface area contributed by atoms with Gasteiger partial charge in [-0.05, 0) is 93.4 Å². The number of amides is 2. The number of aromatic nitrogens is 2. The number of urea groups is 1. The summed E-state index contributed by atoms with van der Waals surface area (Å²) in [6.45, 7) is 5.71. The minimum Gasteiger partial charge on any atom is -0.353 e. The number of likely N-dealkylation sites (tertiary alicyclic amines) is 1. The van der Waals surface area contributed by atoms with Crippen LogP contribution >= 0.6 is 11.6 Å². The maximum Gasteiger partial charge on any atom is 0.324 e. The number of nitrogens with one attached hydrogen (secondary N) is 1. The molecule has 3 saturated heterocycles. The van der Waals surface area contributed by atoms with Crippen LogP contribution in [-0.2, 0) is 6.54 Å². The molecule has 9 nitrogen and oxygen atoms in total. The molecule has 1 saturated carbocycles. The summed E-state index contributed by atoms with van der Waals surface area (Å²) in [6.07, 6.45) is 11.8. The molecule has 2 aromatic carbocycles. The molecule has 1 aromatic heterocycles. The molecule has 0 bridgehead atoms.